The third-order valence-corrected chi connectivity index (χ3v) is 5.78. The van der Waals surface area contributed by atoms with Crippen LogP contribution in [-0.2, 0) is 10.0 Å². The van der Waals surface area contributed by atoms with Gasteiger partial charge in [0.25, 0.3) is 5.69 Å². The second-order valence-corrected chi connectivity index (χ2v) is 7.28. The van der Waals surface area contributed by atoms with Crippen LogP contribution in [0.2, 0.25) is 0 Å². The number of nitro benzene ring substituents is 1. The van der Waals surface area contributed by atoms with E-state index in [-0.39, 0.29) is 10.6 Å². The fourth-order valence-electron chi connectivity index (χ4n) is 2.29. The van der Waals surface area contributed by atoms with E-state index < -0.39 is 14.9 Å². The summed E-state index contributed by atoms with van der Waals surface area (Å²) < 4.78 is 26.7. The van der Waals surface area contributed by atoms with Gasteiger partial charge < -0.3 is 4.90 Å². The zero-order chi connectivity index (χ0) is 15.8. The van der Waals surface area contributed by atoms with E-state index in [4.69, 9.17) is 0 Å². The number of hydrogen-bond donors (Lipinski definition) is 0. The maximum atomic E-state index is 12.7. The van der Waals surface area contributed by atoms with Crippen molar-refractivity contribution in [2.75, 3.05) is 33.2 Å². The van der Waals surface area contributed by atoms with Crippen LogP contribution in [0.15, 0.2) is 17.0 Å². The lowest BCUT2D eigenvalue weighted by Gasteiger charge is -2.31. The molecule has 0 atom stereocenters. The highest BCUT2D eigenvalue weighted by Crippen LogP contribution is 2.30. The van der Waals surface area contributed by atoms with E-state index in [9.17, 15) is 18.5 Å². The monoisotopic (exact) mass is 313 g/mol. The average Bonchev–Trinajstić information content (AvgIpc) is 2.41. The van der Waals surface area contributed by atoms with Crippen molar-refractivity contribution in [2.45, 2.75) is 18.7 Å². The van der Waals surface area contributed by atoms with Crippen molar-refractivity contribution in [3.05, 3.63) is 33.4 Å². The first-order valence-electron chi connectivity index (χ1n) is 6.68. The van der Waals surface area contributed by atoms with Crippen LogP contribution in [-0.4, -0.2) is 55.8 Å². The van der Waals surface area contributed by atoms with E-state index in [1.807, 2.05) is 11.9 Å². The summed E-state index contributed by atoms with van der Waals surface area (Å²) in [7, 11) is -1.92. The molecule has 0 bridgehead atoms. The number of benzene rings is 1. The van der Waals surface area contributed by atoms with Crippen molar-refractivity contribution in [3.63, 3.8) is 0 Å². The molecule has 21 heavy (non-hydrogen) atoms. The Morgan fingerprint density at radius 2 is 1.62 bits per heavy atom. The van der Waals surface area contributed by atoms with Gasteiger partial charge in [-0.2, -0.15) is 4.31 Å². The second-order valence-electron chi connectivity index (χ2n) is 5.37. The molecule has 2 rings (SSSR count). The minimum atomic E-state index is -3.84. The van der Waals surface area contributed by atoms with E-state index in [1.165, 1.54) is 16.4 Å². The molecule has 0 aliphatic carbocycles. The van der Waals surface area contributed by atoms with Crippen LogP contribution in [0, 0.1) is 24.0 Å². The number of nitro groups is 1. The Hall–Kier alpha value is -1.51. The van der Waals surface area contributed by atoms with Gasteiger partial charge in [-0.15, -0.1) is 0 Å². The predicted octanol–water partition coefficient (Wildman–Crippen LogP) is 1.15. The maximum absolute atomic E-state index is 12.7. The van der Waals surface area contributed by atoms with Crippen LogP contribution in [0.1, 0.15) is 11.1 Å². The minimum absolute atomic E-state index is 0.208. The van der Waals surface area contributed by atoms with Crippen molar-refractivity contribution in [3.8, 4) is 0 Å². The summed E-state index contributed by atoms with van der Waals surface area (Å²) in [6, 6.07) is 2.74. The van der Waals surface area contributed by atoms with Crippen LogP contribution >= 0.6 is 0 Å². The highest BCUT2D eigenvalue weighted by Gasteiger charge is 2.33. The van der Waals surface area contributed by atoms with Crippen LogP contribution < -0.4 is 0 Å². The van der Waals surface area contributed by atoms with Gasteiger partial charge in [0.1, 0.15) is 0 Å². The second kappa shape index (κ2) is 5.70. The van der Waals surface area contributed by atoms with Crippen LogP contribution in [0.3, 0.4) is 0 Å². The number of hydrogen-bond acceptors (Lipinski definition) is 5. The maximum Gasteiger partial charge on any atom is 0.289 e. The lowest BCUT2D eigenvalue weighted by Crippen LogP contribution is -2.47. The Morgan fingerprint density at radius 1 is 1.10 bits per heavy atom. The van der Waals surface area contributed by atoms with Gasteiger partial charge >= 0.3 is 0 Å². The molecule has 1 saturated heterocycles. The molecule has 0 unspecified atom stereocenters. The Bertz CT molecular complexity index is 664. The van der Waals surface area contributed by atoms with Gasteiger partial charge in [0.2, 0.25) is 10.0 Å². The summed E-state index contributed by atoms with van der Waals surface area (Å²) in [4.78, 5) is 12.4. The van der Waals surface area contributed by atoms with Crippen molar-refractivity contribution in [2.24, 2.45) is 0 Å². The van der Waals surface area contributed by atoms with Gasteiger partial charge in [-0.25, -0.2) is 8.42 Å². The summed E-state index contributed by atoms with van der Waals surface area (Å²) in [5, 5.41) is 11.2. The highest BCUT2D eigenvalue weighted by molar-refractivity contribution is 7.89. The van der Waals surface area contributed by atoms with Crippen LogP contribution in [0.25, 0.3) is 0 Å². The predicted molar refractivity (Wildman–Crippen MR) is 78.8 cm³/mol. The smallest absolute Gasteiger partial charge is 0.289 e. The molecular weight excluding hydrogens is 294 g/mol. The molecule has 116 valence electrons. The Balaban J connectivity index is 2.49. The van der Waals surface area contributed by atoms with E-state index in [0.29, 0.717) is 31.7 Å². The van der Waals surface area contributed by atoms with Crippen molar-refractivity contribution >= 4 is 15.7 Å². The summed E-state index contributed by atoms with van der Waals surface area (Å²) in [5.41, 5.74) is 1.09. The van der Waals surface area contributed by atoms with Crippen molar-refractivity contribution in [1.82, 2.24) is 9.21 Å². The summed E-state index contributed by atoms with van der Waals surface area (Å²) >= 11 is 0. The Kier molecular flexibility index (Phi) is 4.31. The number of sulfonamides is 1. The van der Waals surface area contributed by atoms with Gasteiger partial charge in [-0.1, -0.05) is 0 Å². The molecule has 1 aliphatic heterocycles. The quantitative estimate of drug-likeness (QED) is 0.617. The van der Waals surface area contributed by atoms with E-state index in [1.54, 1.807) is 13.8 Å². The third-order valence-electron chi connectivity index (χ3n) is 3.85. The first kappa shape index (κ1) is 15.9. The molecule has 0 N–H and O–H groups in total. The Morgan fingerprint density at radius 3 is 2.14 bits per heavy atom. The number of rotatable bonds is 3. The summed E-state index contributed by atoms with van der Waals surface area (Å²) in [6.45, 7) is 5.43. The SMILES string of the molecule is Cc1cc([N+](=O)[O-])c(S(=O)(=O)N2CCN(C)CC2)cc1C. The number of aryl methyl sites for hydroxylation is 2. The summed E-state index contributed by atoms with van der Waals surface area (Å²) in [5.74, 6) is 0. The molecule has 7 nitrogen and oxygen atoms in total. The van der Waals surface area contributed by atoms with Gasteiger partial charge in [0.05, 0.1) is 4.92 Å². The highest BCUT2D eigenvalue weighted by atomic mass is 32.2. The largest absolute Gasteiger partial charge is 0.304 e. The molecule has 1 aromatic carbocycles. The molecule has 1 aliphatic rings. The van der Waals surface area contributed by atoms with Crippen molar-refractivity contribution in [1.29, 1.82) is 0 Å². The van der Waals surface area contributed by atoms with Gasteiger partial charge in [-0.3, -0.25) is 10.1 Å². The molecule has 8 heteroatoms. The van der Waals surface area contributed by atoms with Crippen LogP contribution in [0.4, 0.5) is 5.69 Å². The zero-order valence-corrected chi connectivity index (χ0v) is 13.2. The van der Waals surface area contributed by atoms with Crippen molar-refractivity contribution < 1.29 is 13.3 Å². The first-order valence-corrected chi connectivity index (χ1v) is 8.12. The lowest BCUT2D eigenvalue weighted by molar-refractivity contribution is -0.387. The fourth-order valence-corrected chi connectivity index (χ4v) is 3.94. The molecule has 1 heterocycles. The average molecular weight is 313 g/mol. The first-order chi connectivity index (χ1) is 9.73. The minimum Gasteiger partial charge on any atom is -0.304 e. The fraction of sp³-hybridized carbons (Fsp3) is 0.538. The van der Waals surface area contributed by atoms with E-state index in [2.05, 4.69) is 0 Å². The third kappa shape index (κ3) is 3.07. The molecule has 1 fully saturated rings. The summed E-state index contributed by atoms with van der Waals surface area (Å²) in [6.07, 6.45) is 0. The standard InChI is InChI=1S/C13H19N3O4S/c1-10-8-12(16(17)18)13(9-11(10)2)21(19,20)15-6-4-14(3)5-7-15/h8-9H,4-7H2,1-3H3. The lowest BCUT2D eigenvalue weighted by atomic mass is 10.1. The molecule has 0 radical (unpaired) electrons. The van der Waals surface area contributed by atoms with Gasteiger partial charge in [-0.05, 0) is 38.1 Å². The zero-order valence-electron chi connectivity index (χ0n) is 12.4. The molecule has 0 amide bonds. The number of likely N-dealkylation sites (N-methyl/N-ethyl adjacent to an activating group) is 1. The van der Waals surface area contributed by atoms with Crippen LogP contribution in [0.5, 0.6) is 0 Å². The van der Waals surface area contributed by atoms with E-state index >= 15 is 0 Å². The molecule has 1 aromatic rings. The molecular formula is C13H19N3O4S. The Labute approximate surface area is 124 Å². The van der Waals surface area contributed by atoms with Gasteiger partial charge in [0, 0.05) is 32.2 Å². The topological polar surface area (TPSA) is 83.8 Å². The molecule has 0 spiro atoms. The normalized spacial score (nSPS) is 17.9. The molecule has 0 saturated carbocycles. The number of nitrogens with zero attached hydrogens (tertiary/aromatic N) is 3. The number of piperazine rings is 1. The van der Waals surface area contributed by atoms with Gasteiger partial charge in [0.15, 0.2) is 4.90 Å². The van der Waals surface area contributed by atoms with E-state index in [0.717, 1.165) is 5.56 Å². The molecule has 0 aromatic heterocycles.